The van der Waals surface area contributed by atoms with Gasteiger partial charge in [0.25, 0.3) is 0 Å². The van der Waals surface area contributed by atoms with E-state index < -0.39 is 11.2 Å². The standard InChI is InChI=1S/C10H11NO3S/c1-14-7-4-2-6(3-5-7)8(11)9(15)10(12)13/h2-5,9,11,15H,1H3,(H,12,13). The third-order valence-electron chi connectivity index (χ3n) is 1.91. The Morgan fingerprint density at radius 3 is 2.40 bits per heavy atom. The van der Waals surface area contributed by atoms with Crippen LogP contribution in [-0.4, -0.2) is 29.1 Å². The quantitative estimate of drug-likeness (QED) is 0.536. The van der Waals surface area contributed by atoms with Gasteiger partial charge in [0.1, 0.15) is 11.0 Å². The summed E-state index contributed by atoms with van der Waals surface area (Å²) in [5.41, 5.74) is 0.492. The molecule has 1 aromatic rings. The fraction of sp³-hybridized carbons (Fsp3) is 0.200. The number of rotatable bonds is 4. The third kappa shape index (κ3) is 2.73. The summed E-state index contributed by atoms with van der Waals surface area (Å²) in [6.07, 6.45) is 0. The molecule has 1 unspecified atom stereocenters. The summed E-state index contributed by atoms with van der Waals surface area (Å²) in [7, 11) is 1.54. The largest absolute Gasteiger partial charge is 0.497 e. The van der Waals surface area contributed by atoms with Crippen LogP contribution in [0.25, 0.3) is 0 Å². The minimum atomic E-state index is -1.13. The van der Waals surface area contributed by atoms with Crippen LogP contribution in [0.5, 0.6) is 5.75 Å². The third-order valence-corrected chi connectivity index (χ3v) is 2.39. The molecule has 1 atom stereocenters. The van der Waals surface area contributed by atoms with Crippen LogP contribution in [0.2, 0.25) is 0 Å². The first-order valence-corrected chi connectivity index (χ1v) is 4.71. The topological polar surface area (TPSA) is 70.4 Å². The number of thiol groups is 1. The van der Waals surface area contributed by atoms with Gasteiger partial charge in [-0.05, 0) is 29.8 Å². The van der Waals surface area contributed by atoms with E-state index in [4.69, 9.17) is 15.3 Å². The average molecular weight is 225 g/mol. The van der Waals surface area contributed by atoms with Gasteiger partial charge in [-0.2, -0.15) is 12.6 Å². The molecule has 1 aromatic carbocycles. The van der Waals surface area contributed by atoms with Crippen LogP contribution >= 0.6 is 12.6 Å². The van der Waals surface area contributed by atoms with Gasteiger partial charge in [0.05, 0.1) is 12.8 Å². The van der Waals surface area contributed by atoms with Crippen LogP contribution in [0.3, 0.4) is 0 Å². The Bertz CT molecular complexity index is 375. The van der Waals surface area contributed by atoms with E-state index >= 15 is 0 Å². The van der Waals surface area contributed by atoms with E-state index in [1.165, 1.54) is 0 Å². The molecule has 0 saturated carbocycles. The second-order valence-corrected chi connectivity index (χ2v) is 3.40. The highest BCUT2D eigenvalue weighted by atomic mass is 32.1. The lowest BCUT2D eigenvalue weighted by Crippen LogP contribution is -2.24. The molecule has 0 aliphatic carbocycles. The first-order chi connectivity index (χ1) is 7.06. The van der Waals surface area contributed by atoms with Crippen molar-refractivity contribution in [3.05, 3.63) is 29.8 Å². The van der Waals surface area contributed by atoms with Gasteiger partial charge in [0, 0.05) is 0 Å². The van der Waals surface area contributed by atoms with Gasteiger partial charge in [-0.1, -0.05) is 0 Å². The molecule has 0 aliphatic heterocycles. The highest BCUT2D eigenvalue weighted by Crippen LogP contribution is 2.14. The van der Waals surface area contributed by atoms with Gasteiger partial charge in [-0.3, -0.25) is 4.79 Å². The van der Waals surface area contributed by atoms with Gasteiger partial charge in [-0.15, -0.1) is 0 Å². The van der Waals surface area contributed by atoms with Crippen molar-refractivity contribution in [2.75, 3.05) is 7.11 Å². The van der Waals surface area contributed by atoms with Crippen molar-refractivity contribution in [1.29, 1.82) is 5.41 Å². The fourth-order valence-electron chi connectivity index (χ4n) is 1.05. The summed E-state index contributed by atoms with van der Waals surface area (Å²) in [5, 5.41) is 15.2. The minimum absolute atomic E-state index is 0.0338. The predicted octanol–water partition coefficient (Wildman–Crippen LogP) is 1.45. The lowest BCUT2D eigenvalue weighted by atomic mass is 10.1. The van der Waals surface area contributed by atoms with Crippen molar-refractivity contribution >= 4 is 24.3 Å². The van der Waals surface area contributed by atoms with E-state index in [-0.39, 0.29) is 5.71 Å². The second kappa shape index (κ2) is 4.84. The Hall–Kier alpha value is -1.49. The molecule has 5 heteroatoms. The normalized spacial score (nSPS) is 11.9. The van der Waals surface area contributed by atoms with Crippen LogP contribution in [0.4, 0.5) is 0 Å². The van der Waals surface area contributed by atoms with Crippen LogP contribution in [-0.2, 0) is 4.79 Å². The number of methoxy groups -OCH3 is 1. The number of carboxylic acids is 1. The van der Waals surface area contributed by atoms with Crippen LogP contribution in [0, 0.1) is 5.41 Å². The van der Waals surface area contributed by atoms with Gasteiger partial charge in [0.15, 0.2) is 0 Å². The molecule has 0 heterocycles. The molecule has 0 fully saturated rings. The first-order valence-electron chi connectivity index (χ1n) is 4.20. The van der Waals surface area contributed by atoms with Gasteiger partial charge in [-0.25, -0.2) is 0 Å². The zero-order valence-electron chi connectivity index (χ0n) is 8.10. The van der Waals surface area contributed by atoms with E-state index in [1.54, 1.807) is 31.4 Å². The van der Waals surface area contributed by atoms with Gasteiger partial charge in [0.2, 0.25) is 0 Å². The second-order valence-electron chi connectivity index (χ2n) is 2.88. The van der Waals surface area contributed by atoms with Crippen molar-refractivity contribution < 1.29 is 14.6 Å². The molecule has 0 saturated heterocycles. The maximum absolute atomic E-state index is 10.6. The SMILES string of the molecule is COc1ccc(C(=N)C(S)C(=O)O)cc1. The Morgan fingerprint density at radius 2 is 2.00 bits per heavy atom. The summed E-state index contributed by atoms with van der Waals surface area (Å²) in [5.74, 6) is -0.461. The smallest absolute Gasteiger partial charge is 0.322 e. The summed E-state index contributed by atoms with van der Waals surface area (Å²) in [4.78, 5) is 10.6. The molecule has 0 aliphatic rings. The zero-order valence-corrected chi connectivity index (χ0v) is 8.99. The van der Waals surface area contributed by atoms with Crippen LogP contribution < -0.4 is 4.74 Å². The molecule has 4 nitrogen and oxygen atoms in total. The molecule has 0 radical (unpaired) electrons. The van der Waals surface area contributed by atoms with E-state index in [0.717, 1.165) is 0 Å². The monoisotopic (exact) mass is 225 g/mol. The molecule has 0 amide bonds. The van der Waals surface area contributed by atoms with Crippen molar-refractivity contribution in [3.63, 3.8) is 0 Å². The molecular weight excluding hydrogens is 214 g/mol. The molecule has 1 rings (SSSR count). The molecule has 80 valence electrons. The summed E-state index contributed by atoms with van der Waals surface area (Å²) in [6.45, 7) is 0. The maximum atomic E-state index is 10.6. The molecule has 0 aromatic heterocycles. The Balaban J connectivity index is 2.87. The van der Waals surface area contributed by atoms with E-state index in [9.17, 15) is 4.79 Å². The van der Waals surface area contributed by atoms with Crippen LogP contribution in [0.15, 0.2) is 24.3 Å². The van der Waals surface area contributed by atoms with Gasteiger partial charge >= 0.3 is 5.97 Å². The lowest BCUT2D eigenvalue weighted by Gasteiger charge is -2.08. The summed E-state index contributed by atoms with van der Waals surface area (Å²) >= 11 is 3.82. The van der Waals surface area contributed by atoms with Crippen molar-refractivity contribution in [3.8, 4) is 5.75 Å². The minimum Gasteiger partial charge on any atom is -0.497 e. The molecule has 0 bridgehead atoms. The number of aliphatic carboxylic acids is 1. The molecule has 2 N–H and O–H groups in total. The van der Waals surface area contributed by atoms with E-state index in [2.05, 4.69) is 12.6 Å². The zero-order chi connectivity index (χ0) is 11.4. The number of benzene rings is 1. The summed E-state index contributed by atoms with van der Waals surface area (Å²) < 4.78 is 4.95. The molecule has 15 heavy (non-hydrogen) atoms. The number of carbonyl (C=O) groups is 1. The predicted molar refractivity (Wildman–Crippen MR) is 60.2 cm³/mol. The molecular formula is C10H11NO3S. The van der Waals surface area contributed by atoms with Crippen molar-refractivity contribution in [1.82, 2.24) is 0 Å². The first kappa shape index (κ1) is 11.6. The highest BCUT2D eigenvalue weighted by molar-refractivity contribution is 7.82. The number of hydrogen-bond donors (Lipinski definition) is 3. The Morgan fingerprint density at radius 1 is 1.47 bits per heavy atom. The average Bonchev–Trinajstić information content (AvgIpc) is 2.27. The number of nitrogens with one attached hydrogen (secondary N) is 1. The lowest BCUT2D eigenvalue weighted by molar-refractivity contribution is -0.135. The van der Waals surface area contributed by atoms with Gasteiger partial charge < -0.3 is 15.3 Å². The van der Waals surface area contributed by atoms with Crippen molar-refractivity contribution in [2.45, 2.75) is 5.25 Å². The fourth-order valence-corrected chi connectivity index (χ4v) is 1.20. The Labute approximate surface area is 92.8 Å². The number of carboxylic acid groups (broad SMARTS) is 1. The van der Waals surface area contributed by atoms with E-state index in [1.807, 2.05) is 0 Å². The number of ether oxygens (including phenoxy) is 1. The van der Waals surface area contributed by atoms with Crippen LogP contribution in [0.1, 0.15) is 5.56 Å². The number of hydrogen-bond acceptors (Lipinski definition) is 4. The highest BCUT2D eigenvalue weighted by Gasteiger charge is 2.19. The van der Waals surface area contributed by atoms with Crippen molar-refractivity contribution in [2.24, 2.45) is 0 Å². The Kier molecular flexibility index (Phi) is 3.74. The molecule has 0 spiro atoms. The van der Waals surface area contributed by atoms with E-state index in [0.29, 0.717) is 11.3 Å². The summed E-state index contributed by atoms with van der Waals surface area (Å²) in [6, 6.07) is 6.61. The maximum Gasteiger partial charge on any atom is 0.322 e.